The fraction of sp³-hybridized carbons (Fsp3) is 0.500. The molecule has 47 heavy (non-hydrogen) atoms. The largest absolute Gasteiger partial charge is 0.448 e. The SMILES string of the molecule is COCCOCCOCCOCCOCCOCCOCCOCc1cccc(-c2c#cc(Oc3ccc(C(F)(F)F)cc3)cc2)n1. The number of alkyl halides is 3. The first kappa shape index (κ1) is 38.1. The molecule has 0 bridgehead atoms. The van der Waals surface area contributed by atoms with Crippen LogP contribution < -0.4 is 4.74 Å². The number of hydrogen-bond acceptors (Lipinski definition) is 10. The Morgan fingerprint density at radius 2 is 1.09 bits per heavy atom. The highest BCUT2D eigenvalue weighted by molar-refractivity contribution is 5.57. The van der Waals surface area contributed by atoms with E-state index in [-0.39, 0.29) is 5.75 Å². The predicted molar refractivity (Wildman–Crippen MR) is 165 cm³/mol. The lowest BCUT2D eigenvalue weighted by molar-refractivity contribution is -0.137. The average Bonchev–Trinajstić information content (AvgIpc) is 3.07. The van der Waals surface area contributed by atoms with Crippen LogP contribution in [0.25, 0.3) is 11.3 Å². The third-order valence-electron chi connectivity index (χ3n) is 6.13. The second kappa shape index (κ2) is 23.1. The summed E-state index contributed by atoms with van der Waals surface area (Å²) < 4.78 is 87.0. The summed E-state index contributed by atoms with van der Waals surface area (Å²) >= 11 is 0. The van der Waals surface area contributed by atoms with Crippen LogP contribution in [0.15, 0.2) is 54.6 Å². The lowest BCUT2D eigenvalue weighted by atomic mass is 10.1. The van der Waals surface area contributed by atoms with Gasteiger partial charge in [0.25, 0.3) is 0 Å². The van der Waals surface area contributed by atoms with Crippen LogP contribution in [0.2, 0.25) is 0 Å². The highest BCUT2D eigenvalue weighted by Gasteiger charge is 2.30. The summed E-state index contributed by atoms with van der Waals surface area (Å²) in [5.74, 6) is 0.588. The molecule has 10 nitrogen and oxygen atoms in total. The summed E-state index contributed by atoms with van der Waals surface area (Å²) in [6.07, 6.45) is -4.40. The summed E-state index contributed by atoms with van der Waals surface area (Å²) in [4.78, 5) is 4.60. The van der Waals surface area contributed by atoms with E-state index in [1.807, 2.05) is 18.2 Å². The van der Waals surface area contributed by atoms with Gasteiger partial charge in [0.1, 0.15) is 5.75 Å². The Bertz CT molecular complexity index is 1210. The van der Waals surface area contributed by atoms with E-state index in [1.165, 1.54) is 12.1 Å². The zero-order chi connectivity index (χ0) is 33.4. The summed E-state index contributed by atoms with van der Waals surface area (Å²) in [6.45, 7) is 7.19. The number of benzene rings is 1. The molecule has 2 aromatic carbocycles. The van der Waals surface area contributed by atoms with Gasteiger partial charge >= 0.3 is 6.18 Å². The van der Waals surface area contributed by atoms with E-state index < -0.39 is 11.7 Å². The molecule has 0 unspecified atom stereocenters. The third kappa shape index (κ3) is 16.9. The minimum atomic E-state index is -4.40. The molecular formula is C34H42F3NO9. The van der Waals surface area contributed by atoms with Crippen molar-refractivity contribution in [2.24, 2.45) is 0 Å². The van der Waals surface area contributed by atoms with E-state index in [1.54, 1.807) is 19.2 Å². The van der Waals surface area contributed by atoms with E-state index in [4.69, 9.17) is 42.6 Å². The molecule has 0 radical (unpaired) electrons. The van der Waals surface area contributed by atoms with Crippen molar-refractivity contribution in [1.29, 1.82) is 0 Å². The van der Waals surface area contributed by atoms with Crippen LogP contribution in [-0.2, 0) is 50.7 Å². The van der Waals surface area contributed by atoms with Gasteiger partial charge in [0.2, 0.25) is 0 Å². The van der Waals surface area contributed by atoms with Crippen molar-refractivity contribution in [3.63, 3.8) is 0 Å². The van der Waals surface area contributed by atoms with Gasteiger partial charge in [0.15, 0.2) is 5.75 Å². The first-order valence-corrected chi connectivity index (χ1v) is 15.2. The molecule has 258 valence electrons. The molecule has 0 atom stereocenters. The minimum Gasteiger partial charge on any atom is -0.448 e. The van der Waals surface area contributed by atoms with Gasteiger partial charge in [0, 0.05) is 7.11 Å². The summed E-state index contributed by atoms with van der Waals surface area (Å²) in [7, 11) is 1.63. The number of pyridine rings is 1. The van der Waals surface area contributed by atoms with Crippen LogP contribution in [0.1, 0.15) is 11.3 Å². The molecule has 0 N–H and O–H groups in total. The van der Waals surface area contributed by atoms with Crippen molar-refractivity contribution >= 4 is 0 Å². The molecule has 0 aliphatic rings. The van der Waals surface area contributed by atoms with Crippen LogP contribution >= 0.6 is 0 Å². The van der Waals surface area contributed by atoms with E-state index >= 15 is 0 Å². The molecule has 3 aromatic rings. The molecule has 0 saturated carbocycles. The minimum absolute atomic E-state index is 0.266. The Balaban J connectivity index is 1.15. The van der Waals surface area contributed by atoms with Crippen molar-refractivity contribution in [3.05, 3.63) is 78.0 Å². The second-order valence-corrected chi connectivity index (χ2v) is 9.72. The molecule has 13 heteroatoms. The van der Waals surface area contributed by atoms with Crippen molar-refractivity contribution in [2.75, 3.05) is 99.6 Å². The first-order chi connectivity index (χ1) is 23.0. The lowest BCUT2D eigenvalue weighted by Gasteiger charge is -2.09. The zero-order valence-corrected chi connectivity index (χ0v) is 26.6. The summed E-state index contributed by atoms with van der Waals surface area (Å²) in [5, 5.41) is 0. The first-order valence-electron chi connectivity index (χ1n) is 15.2. The maximum atomic E-state index is 12.7. The Morgan fingerprint density at radius 3 is 1.55 bits per heavy atom. The monoisotopic (exact) mass is 665 g/mol. The van der Waals surface area contributed by atoms with Gasteiger partial charge in [-0.1, -0.05) is 12.1 Å². The Labute approximate surface area is 273 Å². The number of methoxy groups -OCH3 is 1. The van der Waals surface area contributed by atoms with Gasteiger partial charge in [-0.3, -0.25) is 0 Å². The van der Waals surface area contributed by atoms with Crippen LogP contribution in [-0.4, -0.2) is 105 Å². The standard InChI is InChI=1S/C34H42F3NO9/c1-39-13-14-40-15-16-41-17-18-42-19-20-43-21-22-44-23-24-45-25-26-46-27-30-3-2-4-33(38-30)28-5-9-31(10-6-28)47-32-11-7-29(8-12-32)34(35,36)37/h2-5,7-9,11-12H,13-27H2,1H3. The molecule has 0 fully saturated rings. The molecule has 0 spiro atoms. The van der Waals surface area contributed by atoms with Gasteiger partial charge in [-0.15, -0.1) is 0 Å². The van der Waals surface area contributed by atoms with E-state index in [0.29, 0.717) is 116 Å². The highest BCUT2D eigenvalue weighted by atomic mass is 19.4. The van der Waals surface area contributed by atoms with E-state index in [9.17, 15) is 13.2 Å². The van der Waals surface area contributed by atoms with Crippen molar-refractivity contribution in [3.8, 4) is 22.8 Å². The number of aromatic nitrogens is 1. The predicted octanol–water partition coefficient (Wildman–Crippen LogP) is 5.42. The van der Waals surface area contributed by atoms with Gasteiger partial charge in [0.05, 0.1) is 122 Å². The molecule has 3 rings (SSSR count). The second-order valence-electron chi connectivity index (χ2n) is 9.72. The summed E-state index contributed by atoms with van der Waals surface area (Å²) in [5.41, 5.74) is 1.36. The van der Waals surface area contributed by atoms with Crippen molar-refractivity contribution in [1.82, 2.24) is 4.98 Å². The van der Waals surface area contributed by atoms with E-state index in [2.05, 4.69) is 17.1 Å². The lowest BCUT2D eigenvalue weighted by Crippen LogP contribution is -2.14. The van der Waals surface area contributed by atoms with Crippen LogP contribution in [0.3, 0.4) is 0 Å². The molecule has 0 aliphatic heterocycles. The maximum absolute atomic E-state index is 12.7. The molecule has 0 aliphatic carbocycles. The quantitative estimate of drug-likeness (QED) is 0.103. The van der Waals surface area contributed by atoms with Gasteiger partial charge in [-0.25, -0.2) is 4.98 Å². The number of nitrogens with zero attached hydrogens (tertiary/aromatic N) is 1. The number of halogens is 3. The summed E-state index contributed by atoms with van der Waals surface area (Å²) in [6, 6.07) is 19.3. The molecular weight excluding hydrogens is 623 g/mol. The molecule has 0 amide bonds. The Hall–Kier alpha value is -3.32. The zero-order valence-electron chi connectivity index (χ0n) is 26.6. The smallest absolute Gasteiger partial charge is 0.416 e. The number of rotatable bonds is 26. The van der Waals surface area contributed by atoms with Crippen LogP contribution in [0.5, 0.6) is 11.5 Å². The van der Waals surface area contributed by atoms with Gasteiger partial charge in [-0.05, 0) is 54.6 Å². The highest BCUT2D eigenvalue weighted by Crippen LogP contribution is 2.31. The van der Waals surface area contributed by atoms with E-state index in [0.717, 1.165) is 17.8 Å². The molecule has 0 saturated heterocycles. The molecule has 1 aromatic heterocycles. The number of hydrogen-bond donors (Lipinski definition) is 0. The van der Waals surface area contributed by atoms with Crippen LogP contribution in [0.4, 0.5) is 13.2 Å². The van der Waals surface area contributed by atoms with Gasteiger partial charge in [-0.2, -0.15) is 13.2 Å². The normalized spacial score (nSPS) is 11.5. The van der Waals surface area contributed by atoms with Crippen molar-refractivity contribution in [2.45, 2.75) is 12.8 Å². The maximum Gasteiger partial charge on any atom is 0.416 e. The molecule has 1 heterocycles. The van der Waals surface area contributed by atoms with Crippen LogP contribution in [0, 0.1) is 12.1 Å². The Morgan fingerprint density at radius 1 is 0.574 bits per heavy atom. The fourth-order valence-corrected chi connectivity index (χ4v) is 3.77. The topological polar surface area (TPSA) is 96.0 Å². The third-order valence-corrected chi connectivity index (χ3v) is 6.13. The Kier molecular flexibility index (Phi) is 18.7. The average molecular weight is 666 g/mol. The van der Waals surface area contributed by atoms with Crippen molar-refractivity contribution < 1.29 is 55.8 Å². The fourth-order valence-electron chi connectivity index (χ4n) is 3.77. The van der Waals surface area contributed by atoms with Gasteiger partial charge < -0.3 is 42.6 Å². The number of ether oxygens (including phenoxy) is 9.